The highest BCUT2D eigenvalue weighted by Crippen LogP contribution is 2.43. The summed E-state index contributed by atoms with van der Waals surface area (Å²) in [5, 5.41) is 8.93. The zero-order valence-electron chi connectivity index (χ0n) is 41.1. The van der Waals surface area contributed by atoms with Crippen molar-refractivity contribution in [3.8, 4) is 0 Å². The molecule has 0 aromatic carbocycles. The van der Waals surface area contributed by atoms with Crippen molar-refractivity contribution < 1.29 is 42.7 Å². The Hall–Kier alpha value is -2.85. The molecule has 0 bridgehead atoms. The summed E-state index contributed by atoms with van der Waals surface area (Å²) in [7, 11) is -4.63. The van der Waals surface area contributed by atoms with Gasteiger partial charge in [0.25, 0.3) is 0 Å². The topological polar surface area (TPSA) is 155 Å². The van der Waals surface area contributed by atoms with Crippen LogP contribution < -0.4 is 5.73 Å². The Balaban J connectivity index is 4.17. The molecule has 10 nitrogen and oxygen atoms in total. The van der Waals surface area contributed by atoms with E-state index in [2.05, 4.69) is 98.9 Å². The lowest BCUT2D eigenvalue weighted by Gasteiger charge is -2.20. The van der Waals surface area contributed by atoms with E-state index in [0.29, 0.717) is 13.0 Å². The summed E-state index contributed by atoms with van der Waals surface area (Å²) in [4.78, 5) is 33.7. The molecule has 4 N–H and O–H groups in total. The van der Waals surface area contributed by atoms with E-state index in [0.717, 1.165) is 96.3 Å². The molecular formula is C54H94NO9P. The first-order valence-electron chi connectivity index (χ1n) is 25.6. The van der Waals surface area contributed by atoms with Crippen LogP contribution in [0.2, 0.25) is 0 Å². The number of carbonyl (C=O) groups excluding carboxylic acids is 1. The number of hydrogen-bond donors (Lipinski definition) is 3. The molecular weight excluding hydrogens is 838 g/mol. The lowest BCUT2D eigenvalue weighted by Crippen LogP contribution is -2.34. The Morgan fingerprint density at radius 3 is 1.34 bits per heavy atom. The number of carbonyl (C=O) groups is 2. The third kappa shape index (κ3) is 48.9. The summed E-state index contributed by atoms with van der Waals surface area (Å²) in [6.45, 7) is 3.72. The highest BCUT2D eigenvalue weighted by molar-refractivity contribution is 7.47. The third-order valence-electron chi connectivity index (χ3n) is 10.7. The smallest absolute Gasteiger partial charge is 0.472 e. The van der Waals surface area contributed by atoms with E-state index in [1.807, 2.05) is 0 Å². The first-order valence-corrected chi connectivity index (χ1v) is 27.1. The first-order chi connectivity index (χ1) is 31.7. The molecule has 3 unspecified atom stereocenters. The summed E-state index contributed by atoms with van der Waals surface area (Å²) in [5.74, 6) is -1.79. The second kappa shape index (κ2) is 49.1. The van der Waals surface area contributed by atoms with E-state index in [4.69, 9.17) is 29.4 Å². The van der Waals surface area contributed by atoms with Gasteiger partial charge in [0.2, 0.25) is 0 Å². The van der Waals surface area contributed by atoms with Crippen molar-refractivity contribution in [3.05, 3.63) is 85.1 Å². The quantitative estimate of drug-likeness (QED) is 0.0232. The lowest BCUT2D eigenvalue weighted by molar-refractivity contribution is -0.154. The van der Waals surface area contributed by atoms with Gasteiger partial charge in [0.05, 0.1) is 19.8 Å². The number of hydrogen-bond acceptors (Lipinski definition) is 8. The van der Waals surface area contributed by atoms with Gasteiger partial charge >= 0.3 is 19.8 Å². The van der Waals surface area contributed by atoms with E-state index in [1.165, 1.54) is 83.5 Å². The van der Waals surface area contributed by atoms with Gasteiger partial charge in [-0.25, -0.2) is 4.57 Å². The number of carboxylic acids is 1. The molecule has 0 radical (unpaired) electrons. The van der Waals surface area contributed by atoms with Gasteiger partial charge < -0.3 is 25.2 Å². The molecule has 0 aromatic rings. The standard InChI is InChI=1S/C54H94NO9P/c1-3-5-7-9-11-13-15-17-19-21-23-24-25-26-27-29-31-33-35-37-39-41-43-45-47-61-48-51(49-62-65(59,60)63-50-52(55)54(57)58)64-53(56)46-44-42-40-38-36-34-32-30-28-22-20-18-16-14-12-10-8-6-4-2/h5,7,11-14,17-20,23-24,28,30,51-52H,3-4,6,8-10,15-16,21-22,25-27,29,31-50,55H2,1-2H3,(H,57,58)(H,59,60)/b7-5-,13-11-,14-12-,19-17-,20-18-,24-23-,30-28-. The van der Waals surface area contributed by atoms with Crippen molar-refractivity contribution in [1.82, 2.24) is 0 Å². The van der Waals surface area contributed by atoms with Crippen LogP contribution in [0.1, 0.15) is 206 Å². The number of nitrogens with two attached hydrogens (primary N) is 1. The fourth-order valence-electron chi connectivity index (χ4n) is 6.72. The molecule has 0 spiro atoms. The number of allylic oxidation sites excluding steroid dienone is 14. The fourth-order valence-corrected chi connectivity index (χ4v) is 7.50. The summed E-state index contributed by atoms with van der Waals surface area (Å²) in [6, 6.07) is -1.48. The molecule has 374 valence electrons. The maximum Gasteiger partial charge on any atom is 0.472 e. The number of phosphoric acid groups is 1. The van der Waals surface area contributed by atoms with E-state index >= 15 is 0 Å². The first kappa shape index (κ1) is 62.1. The van der Waals surface area contributed by atoms with Gasteiger partial charge in [-0.15, -0.1) is 0 Å². The van der Waals surface area contributed by atoms with E-state index in [1.54, 1.807) is 0 Å². The molecule has 0 amide bonds. The molecule has 0 saturated heterocycles. The van der Waals surface area contributed by atoms with Crippen LogP contribution in [0.15, 0.2) is 85.1 Å². The Bertz CT molecular complexity index is 1360. The molecule has 65 heavy (non-hydrogen) atoms. The van der Waals surface area contributed by atoms with Crippen molar-refractivity contribution in [3.63, 3.8) is 0 Å². The van der Waals surface area contributed by atoms with E-state index in [9.17, 15) is 19.0 Å². The van der Waals surface area contributed by atoms with E-state index in [-0.39, 0.29) is 13.0 Å². The average Bonchev–Trinajstić information content (AvgIpc) is 3.29. The monoisotopic (exact) mass is 932 g/mol. The zero-order valence-corrected chi connectivity index (χ0v) is 42.0. The minimum atomic E-state index is -4.63. The summed E-state index contributed by atoms with van der Waals surface area (Å²) in [5.41, 5.74) is 5.37. The minimum Gasteiger partial charge on any atom is -0.480 e. The van der Waals surface area contributed by atoms with Crippen LogP contribution in [-0.4, -0.2) is 60.5 Å². The van der Waals surface area contributed by atoms with Crippen LogP contribution in [0.5, 0.6) is 0 Å². The lowest BCUT2D eigenvalue weighted by atomic mass is 10.1. The Morgan fingerprint density at radius 2 is 0.892 bits per heavy atom. The second-order valence-corrected chi connectivity index (χ2v) is 18.4. The summed E-state index contributed by atoms with van der Waals surface area (Å²) in [6.07, 6.45) is 63.5. The second-order valence-electron chi connectivity index (χ2n) is 16.9. The third-order valence-corrected chi connectivity index (χ3v) is 11.6. The van der Waals surface area contributed by atoms with Crippen LogP contribution in [0, 0.1) is 0 Å². The maximum absolute atomic E-state index is 12.7. The Morgan fingerprint density at radius 1 is 0.508 bits per heavy atom. The van der Waals surface area contributed by atoms with Gasteiger partial charge in [0.15, 0.2) is 0 Å². The molecule has 3 atom stereocenters. The van der Waals surface area contributed by atoms with E-state index < -0.39 is 45.1 Å². The van der Waals surface area contributed by atoms with Crippen molar-refractivity contribution in [2.24, 2.45) is 5.73 Å². The van der Waals surface area contributed by atoms with Crippen LogP contribution >= 0.6 is 7.82 Å². The van der Waals surface area contributed by atoms with Crippen LogP contribution in [0.3, 0.4) is 0 Å². The SMILES string of the molecule is CC/C=C\C/C=C\C/C=C\C/C=C\CCCCCCCCCCCCCOCC(COP(=O)(O)OCC(N)C(=O)O)OC(=O)CCCCCCCC/C=C\C/C=C\C/C=C\CCCCC. The maximum atomic E-state index is 12.7. The Labute approximate surface area is 397 Å². The number of phosphoric ester groups is 1. The molecule has 11 heteroatoms. The average molecular weight is 932 g/mol. The van der Waals surface area contributed by atoms with Gasteiger partial charge in [0, 0.05) is 13.0 Å². The normalized spacial score (nSPS) is 14.4. The highest BCUT2D eigenvalue weighted by Gasteiger charge is 2.27. The molecule has 0 heterocycles. The largest absolute Gasteiger partial charge is 0.480 e. The highest BCUT2D eigenvalue weighted by atomic mass is 31.2. The molecule has 0 rings (SSSR count). The number of unbranched alkanes of at least 4 members (excludes halogenated alkanes) is 20. The number of rotatable bonds is 48. The predicted octanol–water partition coefficient (Wildman–Crippen LogP) is 15.1. The number of aliphatic carboxylic acids is 1. The molecule has 0 aliphatic heterocycles. The molecule has 0 saturated carbocycles. The van der Waals surface area contributed by atoms with Crippen molar-refractivity contribution in [2.45, 2.75) is 219 Å². The molecule has 0 aliphatic carbocycles. The predicted molar refractivity (Wildman–Crippen MR) is 272 cm³/mol. The molecule has 0 fully saturated rings. The minimum absolute atomic E-state index is 0.00505. The number of carboxylic acid groups (broad SMARTS) is 1. The van der Waals surface area contributed by atoms with Gasteiger partial charge in [0.1, 0.15) is 12.1 Å². The van der Waals surface area contributed by atoms with Gasteiger partial charge in [-0.05, 0) is 89.9 Å². The van der Waals surface area contributed by atoms with Crippen molar-refractivity contribution >= 4 is 19.8 Å². The van der Waals surface area contributed by atoms with Crippen molar-refractivity contribution in [2.75, 3.05) is 26.4 Å². The van der Waals surface area contributed by atoms with Gasteiger partial charge in [-0.1, -0.05) is 195 Å². The summed E-state index contributed by atoms with van der Waals surface area (Å²) < 4.78 is 33.5. The van der Waals surface area contributed by atoms with Crippen molar-refractivity contribution in [1.29, 1.82) is 0 Å². The summed E-state index contributed by atoms with van der Waals surface area (Å²) >= 11 is 0. The zero-order chi connectivity index (χ0) is 47.6. The molecule has 0 aromatic heterocycles. The fraction of sp³-hybridized carbons (Fsp3) is 0.704. The van der Waals surface area contributed by atoms with Gasteiger partial charge in [-0.3, -0.25) is 18.6 Å². The van der Waals surface area contributed by atoms with Crippen LogP contribution in [0.4, 0.5) is 0 Å². The number of ether oxygens (including phenoxy) is 2. The number of esters is 1. The van der Waals surface area contributed by atoms with Crippen LogP contribution in [0.25, 0.3) is 0 Å². The van der Waals surface area contributed by atoms with Gasteiger partial charge in [-0.2, -0.15) is 0 Å². The van der Waals surface area contributed by atoms with Crippen LogP contribution in [-0.2, 0) is 32.7 Å². The Kier molecular flexibility index (Phi) is 46.9. The molecule has 0 aliphatic rings.